The van der Waals surface area contributed by atoms with Crippen molar-refractivity contribution >= 4 is 0 Å². The van der Waals surface area contributed by atoms with Crippen LogP contribution in [0.4, 0.5) is 17.6 Å². The van der Waals surface area contributed by atoms with Crippen molar-refractivity contribution in [2.45, 2.75) is 69.7 Å². The number of hydrogen-bond donors (Lipinski definition) is 0. The molecule has 0 bridgehead atoms. The fourth-order valence-electron chi connectivity index (χ4n) is 5.59. The van der Waals surface area contributed by atoms with Gasteiger partial charge in [0.2, 0.25) is 5.88 Å². The van der Waals surface area contributed by atoms with E-state index in [-0.39, 0.29) is 35.3 Å². The molecule has 2 fully saturated rings. The minimum atomic E-state index is -4.62. The molecular weight excluding hydrogens is 502 g/mol. The highest BCUT2D eigenvalue weighted by atomic mass is 19.4. The number of halogens is 4. The summed E-state index contributed by atoms with van der Waals surface area (Å²) in [6, 6.07) is 8.83. The molecule has 2 aromatic heterocycles. The number of alkyl halides is 3. The average molecular weight is 532 g/mol. The maximum atomic E-state index is 14.6. The van der Waals surface area contributed by atoms with E-state index in [1.54, 1.807) is 12.1 Å². The molecule has 1 saturated heterocycles. The van der Waals surface area contributed by atoms with Crippen LogP contribution in [0.1, 0.15) is 71.9 Å². The van der Waals surface area contributed by atoms with Gasteiger partial charge in [0, 0.05) is 24.2 Å². The third kappa shape index (κ3) is 5.60. The summed E-state index contributed by atoms with van der Waals surface area (Å²) < 4.78 is 67.7. The Morgan fingerprint density at radius 3 is 2.53 bits per heavy atom. The van der Waals surface area contributed by atoms with Gasteiger partial charge < -0.3 is 9.47 Å². The summed E-state index contributed by atoms with van der Waals surface area (Å²) in [7, 11) is 0. The summed E-state index contributed by atoms with van der Waals surface area (Å²) >= 11 is 0. The highest BCUT2D eigenvalue weighted by Crippen LogP contribution is 2.42. The SMILES string of the molecule is Cc1cccc(F)c1C1CCC(c2cc(OC3CCOC3)nn(Cc3ncccc3C(F)(F)F)c2=O)CC1. The van der Waals surface area contributed by atoms with E-state index in [4.69, 9.17) is 9.47 Å². The first kappa shape index (κ1) is 26.3. The third-order valence-electron chi connectivity index (χ3n) is 7.50. The Labute approximate surface area is 217 Å². The van der Waals surface area contributed by atoms with Crippen LogP contribution in [0.2, 0.25) is 0 Å². The van der Waals surface area contributed by atoms with Crippen molar-refractivity contribution in [1.29, 1.82) is 0 Å². The Balaban J connectivity index is 1.45. The second-order valence-corrected chi connectivity index (χ2v) is 10.0. The van der Waals surface area contributed by atoms with Gasteiger partial charge in [-0.2, -0.15) is 13.2 Å². The number of aryl methyl sites for hydroxylation is 1. The van der Waals surface area contributed by atoms with Crippen molar-refractivity contribution in [1.82, 2.24) is 14.8 Å². The zero-order chi connectivity index (χ0) is 26.9. The number of rotatable bonds is 6. The maximum absolute atomic E-state index is 14.6. The smallest absolute Gasteiger partial charge is 0.418 e. The standard InChI is InChI=1S/C28H29F4N3O3/c1-17-4-2-6-23(29)26(17)19-9-7-18(8-10-19)21-14-25(38-20-11-13-37-16-20)34-35(27(21)36)15-24-22(28(30,31)32)5-3-12-33-24/h2-6,12,14,18-20H,7-11,13,15-16H2,1H3. The minimum absolute atomic E-state index is 0.0470. The van der Waals surface area contributed by atoms with Gasteiger partial charge in [-0.15, -0.1) is 5.10 Å². The van der Waals surface area contributed by atoms with E-state index in [0.717, 1.165) is 21.9 Å². The summed E-state index contributed by atoms with van der Waals surface area (Å²) in [5, 5.41) is 4.26. The van der Waals surface area contributed by atoms with Gasteiger partial charge in [0.15, 0.2) is 0 Å². The lowest BCUT2D eigenvalue weighted by Crippen LogP contribution is -2.31. The molecule has 10 heteroatoms. The molecule has 3 heterocycles. The van der Waals surface area contributed by atoms with Gasteiger partial charge >= 0.3 is 6.18 Å². The minimum Gasteiger partial charge on any atom is -0.471 e. The summed E-state index contributed by atoms with van der Waals surface area (Å²) in [4.78, 5) is 17.4. The van der Waals surface area contributed by atoms with Gasteiger partial charge in [-0.05, 0) is 73.8 Å². The fraction of sp³-hybridized carbons (Fsp3) is 0.464. The first-order valence-corrected chi connectivity index (χ1v) is 12.8. The summed E-state index contributed by atoms with van der Waals surface area (Å²) in [6.07, 6.45) is -0.280. The molecule has 1 aliphatic heterocycles. The van der Waals surface area contributed by atoms with Crippen LogP contribution in [-0.2, 0) is 17.5 Å². The topological polar surface area (TPSA) is 66.2 Å². The molecular formula is C28H29F4N3O3. The first-order valence-electron chi connectivity index (χ1n) is 12.8. The van der Waals surface area contributed by atoms with Crippen LogP contribution in [0.25, 0.3) is 0 Å². The van der Waals surface area contributed by atoms with E-state index >= 15 is 0 Å². The Bertz CT molecular complexity index is 1320. The van der Waals surface area contributed by atoms with E-state index < -0.39 is 23.8 Å². The van der Waals surface area contributed by atoms with Crippen molar-refractivity contribution in [3.05, 3.63) is 86.7 Å². The first-order chi connectivity index (χ1) is 18.2. The lowest BCUT2D eigenvalue weighted by molar-refractivity contribution is -0.138. The average Bonchev–Trinajstić information content (AvgIpc) is 3.39. The maximum Gasteiger partial charge on any atom is 0.418 e. The molecule has 3 aromatic rings. The molecule has 6 nitrogen and oxygen atoms in total. The predicted octanol–water partition coefficient (Wildman–Crippen LogP) is 5.76. The van der Waals surface area contributed by atoms with Gasteiger partial charge in [0.1, 0.15) is 11.9 Å². The van der Waals surface area contributed by atoms with Crippen molar-refractivity contribution < 1.29 is 27.0 Å². The van der Waals surface area contributed by atoms with Crippen molar-refractivity contribution in [2.24, 2.45) is 0 Å². The lowest BCUT2D eigenvalue weighted by atomic mass is 9.75. The molecule has 1 unspecified atom stereocenters. The fourth-order valence-corrected chi connectivity index (χ4v) is 5.59. The summed E-state index contributed by atoms with van der Waals surface area (Å²) in [6.45, 7) is 2.38. The summed E-state index contributed by atoms with van der Waals surface area (Å²) in [5.41, 5.74) is 0.404. The van der Waals surface area contributed by atoms with Gasteiger partial charge in [-0.3, -0.25) is 9.78 Å². The van der Waals surface area contributed by atoms with E-state index in [9.17, 15) is 22.4 Å². The highest BCUT2D eigenvalue weighted by Gasteiger charge is 2.34. The molecule has 202 valence electrons. The lowest BCUT2D eigenvalue weighted by Gasteiger charge is -2.30. The van der Waals surface area contributed by atoms with E-state index in [2.05, 4.69) is 10.1 Å². The van der Waals surface area contributed by atoms with Gasteiger partial charge in [0.05, 0.1) is 31.0 Å². The summed E-state index contributed by atoms with van der Waals surface area (Å²) in [5.74, 6) is -0.143. The van der Waals surface area contributed by atoms with E-state index in [1.807, 2.05) is 13.0 Å². The van der Waals surface area contributed by atoms with Crippen LogP contribution < -0.4 is 10.3 Å². The molecule has 38 heavy (non-hydrogen) atoms. The molecule has 1 atom stereocenters. The molecule has 0 N–H and O–H groups in total. The van der Waals surface area contributed by atoms with Gasteiger partial charge in [0.25, 0.3) is 5.56 Å². The van der Waals surface area contributed by atoms with E-state index in [0.29, 0.717) is 50.9 Å². The quantitative estimate of drug-likeness (QED) is 0.379. The van der Waals surface area contributed by atoms with Crippen LogP contribution in [-0.4, -0.2) is 34.1 Å². The number of nitrogens with zero attached hydrogens (tertiary/aromatic N) is 3. The Morgan fingerprint density at radius 2 is 1.84 bits per heavy atom. The zero-order valence-corrected chi connectivity index (χ0v) is 21.0. The van der Waals surface area contributed by atoms with Crippen molar-refractivity contribution in [3.63, 3.8) is 0 Å². The van der Waals surface area contributed by atoms with Crippen LogP contribution in [0.5, 0.6) is 5.88 Å². The van der Waals surface area contributed by atoms with Crippen LogP contribution >= 0.6 is 0 Å². The number of aromatic nitrogens is 3. The predicted molar refractivity (Wildman–Crippen MR) is 132 cm³/mol. The monoisotopic (exact) mass is 531 g/mol. The molecule has 1 aliphatic carbocycles. The van der Waals surface area contributed by atoms with Gasteiger partial charge in [-0.25, -0.2) is 9.07 Å². The van der Waals surface area contributed by atoms with Gasteiger partial charge in [-0.1, -0.05) is 12.1 Å². The highest BCUT2D eigenvalue weighted by molar-refractivity contribution is 5.32. The largest absolute Gasteiger partial charge is 0.471 e. The van der Waals surface area contributed by atoms with Crippen LogP contribution in [0.3, 0.4) is 0 Å². The van der Waals surface area contributed by atoms with Crippen molar-refractivity contribution in [2.75, 3.05) is 13.2 Å². The molecule has 0 amide bonds. The Kier molecular flexibility index (Phi) is 7.52. The Morgan fingerprint density at radius 1 is 1.08 bits per heavy atom. The second kappa shape index (κ2) is 10.8. The zero-order valence-electron chi connectivity index (χ0n) is 21.0. The van der Waals surface area contributed by atoms with Crippen LogP contribution in [0.15, 0.2) is 47.4 Å². The Hall–Kier alpha value is -3.27. The molecule has 0 radical (unpaired) electrons. The molecule has 1 aromatic carbocycles. The molecule has 2 aliphatic rings. The number of benzene rings is 1. The number of ether oxygens (including phenoxy) is 2. The third-order valence-corrected chi connectivity index (χ3v) is 7.50. The number of pyridine rings is 1. The van der Waals surface area contributed by atoms with E-state index in [1.165, 1.54) is 18.3 Å². The number of hydrogen-bond acceptors (Lipinski definition) is 5. The second-order valence-electron chi connectivity index (χ2n) is 10.0. The van der Waals surface area contributed by atoms with Crippen LogP contribution in [0, 0.1) is 12.7 Å². The van der Waals surface area contributed by atoms with Crippen molar-refractivity contribution in [3.8, 4) is 5.88 Å². The molecule has 0 spiro atoms. The molecule has 1 saturated carbocycles. The normalized spacial score (nSPS) is 22.0. The molecule has 5 rings (SSSR count).